The Bertz CT molecular complexity index is 178. The molecule has 67 valence electrons. The summed E-state index contributed by atoms with van der Waals surface area (Å²) < 4.78 is 11.3. The molecule has 12 heavy (non-hydrogen) atoms. The Balaban J connectivity index is 4.31. The van der Waals surface area contributed by atoms with Crippen molar-refractivity contribution in [1.29, 1.82) is 0 Å². The van der Waals surface area contributed by atoms with Gasteiger partial charge in [0.2, 0.25) is 0 Å². The van der Waals surface area contributed by atoms with Crippen LogP contribution in [0.25, 0.3) is 0 Å². The molecular formula is C8H13AlClO2. The summed E-state index contributed by atoms with van der Waals surface area (Å²) in [6.07, 6.45) is 1.68. The molecule has 0 aromatic heterocycles. The molecule has 0 amide bonds. The first-order chi connectivity index (χ1) is 5.76. The average Bonchev–Trinajstić information content (AvgIpc) is 2.04. The lowest BCUT2D eigenvalue weighted by Crippen LogP contribution is -1.99. The molecule has 0 fully saturated rings. The maximum absolute atomic E-state index is 5.43. The molecule has 0 bridgehead atoms. The highest BCUT2D eigenvalue weighted by Crippen LogP contribution is 2.07. The fraction of sp³-hybridized carbons (Fsp3) is 0.500. The Morgan fingerprint density at radius 2 is 1.92 bits per heavy atom. The quantitative estimate of drug-likeness (QED) is 0.386. The van der Waals surface area contributed by atoms with Gasteiger partial charge in [-0.2, -0.15) is 0 Å². The van der Waals surface area contributed by atoms with E-state index in [1.807, 2.05) is 13.8 Å². The van der Waals surface area contributed by atoms with Crippen molar-refractivity contribution in [3.05, 3.63) is 22.0 Å². The zero-order chi connectivity index (χ0) is 9.40. The minimum absolute atomic E-state index is 0.617. The fourth-order valence-electron chi connectivity index (χ4n) is 0.680. The number of ether oxygens (including phenoxy) is 2. The molecule has 0 spiro atoms. The topological polar surface area (TPSA) is 18.5 Å². The zero-order valence-corrected chi connectivity index (χ0v) is 9.64. The van der Waals surface area contributed by atoms with Crippen LogP contribution in [0.15, 0.2) is 22.0 Å². The van der Waals surface area contributed by atoms with Crippen molar-refractivity contribution < 1.29 is 9.47 Å². The molecule has 0 atom stereocenters. The van der Waals surface area contributed by atoms with Gasteiger partial charge < -0.3 is 9.47 Å². The van der Waals surface area contributed by atoms with Crippen LogP contribution in [0.1, 0.15) is 13.8 Å². The van der Waals surface area contributed by atoms with Gasteiger partial charge in [-0.1, -0.05) is 11.6 Å². The molecule has 0 N–H and O–H groups in total. The van der Waals surface area contributed by atoms with Gasteiger partial charge in [0.1, 0.15) is 5.76 Å². The summed E-state index contributed by atoms with van der Waals surface area (Å²) in [5, 5.41) is 0. The van der Waals surface area contributed by atoms with Crippen LogP contribution >= 0.6 is 11.6 Å². The molecule has 0 heterocycles. The van der Waals surface area contributed by atoms with E-state index in [2.05, 4.69) is 0 Å². The van der Waals surface area contributed by atoms with Gasteiger partial charge in [0.15, 0.2) is 0 Å². The van der Waals surface area contributed by atoms with E-state index in [1.165, 1.54) is 5.54 Å². The Morgan fingerprint density at radius 3 is 2.33 bits per heavy atom. The molecule has 0 aliphatic heterocycles. The smallest absolute Gasteiger partial charge is 0.291 e. The molecule has 0 aromatic rings. The number of rotatable bonds is 5. The molecular weight excluding hydrogens is 191 g/mol. The minimum atomic E-state index is 0.617. The monoisotopic (exact) mass is 203 g/mol. The van der Waals surface area contributed by atoms with E-state index < -0.39 is 0 Å². The lowest BCUT2D eigenvalue weighted by molar-refractivity contribution is 0.192. The molecule has 1 radical (unpaired) electrons. The Kier molecular flexibility index (Phi) is 7.49. The number of halogens is 1. The van der Waals surface area contributed by atoms with Crippen LogP contribution in [0.2, 0.25) is 0 Å². The molecule has 0 aromatic carbocycles. The Morgan fingerprint density at radius 1 is 1.33 bits per heavy atom. The maximum atomic E-state index is 5.43. The summed E-state index contributed by atoms with van der Waals surface area (Å²) in [4.78, 5) is 0. The van der Waals surface area contributed by atoms with Gasteiger partial charge in [-0.25, -0.2) is 0 Å². The SMILES string of the molecule is CCO[C]([AlH])=C(C=CCl)OCC. The van der Waals surface area contributed by atoms with Crippen molar-refractivity contribution in [2.45, 2.75) is 13.8 Å². The van der Waals surface area contributed by atoms with Crippen LogP contribution in [0.3, 0.4) is 0 Å². The van der Waals surface area contributed by atoms with E-state index in [9.17, 15) is 0 Å². The standard InChI is InChI=1S/C8H12ClO2.Al.H/c1-3-10-7-8(5-6-9)11-4-2;;/h5-6H,3-4H2,1-2H3;;. The summed E-state index contributed by atoms with van der Waals surface area (Å²) in [6.45, 7) is 5.11. The Hall–Kier alpha value is -0.0975. The second-order valence-electron chi connectivity index (χ2n) is 1.95. The fourth-order valence-corrected chi connectivity index (χ4v) is 1.22. The van der Waals surface area contributed by atoms with E-state index in [0.717, 1.165) is 4.62 Å². The predicted molar refractivity (Wildman–Crippen MR) is 52.4 cm³/mol. The third-order valence-corrected chi connectivity index (χ3v) is 1.79. The van der Waals surface area contributed by atoms with Crippen LogP contribution in [-0.2, 0) is 9.47 Å². The van der Waals surface area contributed by atoms with Crippen LogP contribution in [0, 0.1) is 0 Å². The zero-order valence-electron chi connectivity index (χ0n) is 7.47. The highest BCUT2D eigenvalue weighted by atomic mass is 35.5. The second kappa shape index (κ2) is 7.55. The van der Waals surface area contributed by atoms with Gasteiger partial charge in [0.05, 0.1) is 13.2 Å². The van der Waals surface area contributed by atoms with Crippen molar-refractivity contribution >= 4 is 27.9 Å². The van der Waals surface area contributed by atoms with Crippen molar-refractivity contribution in [2.24, 2.45) is 0 Å². The molecule has 0 saturated heterocycles. The summed E-state index contributed by atoms with van der Waals surface area (Å²) in [5.41, 5.74) is 1.41. The first-order valence-corrected chi connectivity index (χ1v) is 4.99. The van der Waals surface area contributed by atoms with Crippen LogP contribution < -0.4 is 0 Å². The summed E-state index contributed by atoms with van der Waals surface area (Å²) in [5.74, 6) is 0.702. The van der Waals surface area contributed by atoms with Gasteiger partial charge in [-0.15, -0.1) is 0 Å². The average molecular weight is 204 g/mol. The predicted octanol–water partition coefficient (Wildman–Crippen LogP) is 1.88. The number of hydrogen-bond acceptors (Lipinski definition) is 2. The summed E-state index contributed by atoms with van der Waals surface area (Å²) >= 11 is 7.08. The molecule has 4 heteroatoms. The molecule has 0 rings (SSSR count). The molecule has 0 aliphatic carbocycles. The lowest BCUT2D eigenvalue weighted by Gasteiger charge is -2.10. The van der Waals surface area contributed by atoms with Gasteiger partial charge in [-0.3, -0.25) is 0 Å². The van der Waals surface area contributed by atoms with E-state index in [4.69, 9.17) is 21.1 Å². The normalized spacial score (nSPS) is 12.9. The molecule has 2 nitrogen and oxygen atoms in total. The molecule has 0 saturated carbocycles. The first kappa shape index (κ1) is 11.9. The van der Waals surface area contributed by atoms with E-state index in [-0.39, 0.29) is 0 Å². The number of hydrogen-bond donors (Lipinski definition) is 0. The van der Waals surface area contributed by atoms with Crippen molar-refractivity contribution in [3.63, 3.8) is 0 Å². The van der Waals surface area contributed by atoms with Crippen molar-refractivity contribution in [2.75, 3.05) is 13.2 Å². The van der Waals surface area contributed by atoms with Crippen LogP contribution in [-0.4, -0.2) is 29.5 Å². The van der Waals surface area contributed by atoms with Crippen molar-refractivity contribution in [1.82, 2.24) is 0 Å². The largest absolute Gasteiger partial charge is 0.515 e. The van der Waals surface area contributed by atoms with E-state index in [0.29, 0.717) is 19.0 Å². The summed E-state index contributed by atoms with van der Waals surface area (Å²) in [6, 6.07) is 0. The molecule has 0 aliphatic rings. The van der Waals surface area contributed by atoms with Gasteiger partial charge in [-0.05, 0) is 19.9 Å². The maximum Gasteiger partial charge on any atom is 0.291 e. The van der Waals surface area contributed by atoms with E-state index in [1.54, 1.807) is 22.4 Å². The van der Waals surface area contributed by atoms with Gasteiger partial charge in [0.25, 0.3) is 16.3 Å². The minimum Gasteiger partial charge on any atom is -0.515 e. The van der Waals surface area contributed by atoms with Crippen molar-refractivity contribution in [3.8, 4) is 0 Å². The highest BCUT2D eigenvalue weighted by Gasteiger charge is 1.98. The number of allylic oxidation sites excluding steroid dienone is 1. The third-order valence-electron chi connectivity index (χ3n) is 1.11. The first-order valence-electron chi connectivity index (χ1n) is 3.84. The highest BCUT2D eigenvalue weighted by molar-refractivity contribution is 6.25. The van der Waals surface area contributed by atoms with Gasteiger partial charge in [0, 0.05) is 10.2 Å². The van der Waals surface area contributed by atoms with Crippen LogP contribution in [0.4, 0.5) is 0 Å². The second-order valence-corrected chi connectivity index (χ2v) is 2.84. The third kappa shape index (κ3) is 4.71. The lowest BCUT2D eigenvalue weighted by atomic mass is 10.5. The van der Waals surface area contributed by atoms with E-state index >= 15 is 0 Å². The van der Waals surface area contributed by atoms with Crippen LogP contribution in [0.5, 0.6) is 0 Å². The van der Waals surface area contributed by atoms with Gasteiger partial charge >= 0.3 is 0 Å². The Labute approximate surface area is 86.6 Å². The summed E-state index contributed by atoms with van der Waals surface area (Å²) in [7, 11) is 0. The molecule has 0 unspecified atom stereocenters.